The van der Waals surface area contributed by atoms with Crippen LogP contribution in [0.25, 0.3) is 5.69 Å². The fourth-order valence-electron chi connectivity index (χ4n) is 1.63. The Bertz CT molecular complexity index is 800. The third kappa shape index (κ3) is 2.15. The van der Waals surface area contributed by atoms with Crippen molar-refractivity contribution in [1.29, 1.82) is 0 Å². The predicted molar refractivity (Wildman–Crippen MR) is 62.5 cm³/mol. The Morgan fingerprint density at radius 3 is 2.20 bits per heavy atom. The van der Waals surface area contributed by atoms with Gasteiger partial charge in [0.15, 0.2) is 23.2 Å². The van der Waals surface area contributed by atoms with Gasteiger partial charge in [0.25, 0.3) is 5.56 Å². The van der Waals surface area contributed by atoms with Gasteiger partial charge in [0.2, 0.25) is 0 Å². The fourth-order valence-corrected chi connectivity index (χ4v) is 1.63. The molecule has 0 aliphatic carbocycles. The molecule has 0 radical (unpaired) electrons. The van der Waals surface area contributed by atoms with Crippen LogP contribution in [0, 0.1) is 17.5 Å². The highest BCUT2D eigenvalue weighted by molar-refractivity contribution is 5.93. The molecule has 0 saturated carbocycles. The van der Waals surface area contributed by atoms with E-state index in [0.717, 1.165) is 13.1 Å². The van der Waals surface area contributed by atoms with E-state index in [1.54, 1.807) is 0 Å². The van der Waals surface area contributed by atoms with E-state index >= 15 is 0 Å². The summed E-state index contributed by atoms with van der Waals surface area (Å²) in [6.45, 7) is 1.09. The number of hydrogen-bond acceptors (Lipinski definition) is 3. The molecule has 0 atom stereocenters. The monoisotopic (exact) mass is 284 g/mol. The molecule has 5 nitrogen and oxygen atoms in total. The number of nitrogens with zero attached hydrogens (tertiary/aromatic N) is 1. The van der Waals surface area contributed by atoms with Crippen LogP contribution in [0.2, 0.25) is 0 Å². The summed E-state index contributed by atoms with van der Waals surface area (Å²) >= 11 is 0. The number of aromatic nitrogens is 2. The molecule has 0 aliphatic rings. The minimum absolute atomic E-state index is 0.350. The van der Waals surface area contributed by atoms with Gasteiger partial charge in [0.05, 0.1) is 11.3 Å². The number of benzene rings is 1. The number of H-pyrrole nitrogens is 1. The average Bonchev–Trinajstić information content (AvgIpc) is 2.35. The van der Waals surface area contributed by atoms with Crippen molar-refractivity contribution in [2.75, 3.05) is 0 Å². The number of halogens is 3. The topological polar surface area (TPSA) is 71.9 Å². The van der Waals surface area contributed by atoms with E-state index in [0.29, 0.717) is 16.7 Å². The summed E-state index contributed by atoms with van der Waals surface area (Å²) in [6, 6.07) is 0.970. The minimum atomic E-state index is -1.72. The second-order valence-corrected chi connectivity index (χ2v) is 3.93. The fraction of sp³-hybridized carbons (Fsp3) is 0.0833. The second-order valence-electron chi connectivity index (χ2n) is 3.93. The predicted octanol–water partition coefficient (Wildman–Crippen LogP) is 1.15. The van der Waals surface area contributed by atoms with Gasteiger partial charge in [-0.2, -0.15) is 0 Å². The van der Waals surface area contributed by atoms with Crippen LogP contribution >= 0.6 is 0 Å². The molecule has 1 aromatic heterocycles. The standard InChI is InChI=1S/C12H7F3N2O3/c1-5(18)7-4-16-12(20)17(11(7)19)6-2-8(13)10(15)9(14)3-6/h2-4H,1H3,(H,16,20). The Kier molecular flexibility index (Phi) is 3.31. The van der Waals surface area contributed by atoms with Crippen molar-refractivity contribution < 1.29 is 18.0 Å². The van der Waals surface area contributed by atoms with Crippen molar-refractivity contribution in [3.63, 3.8) is 0 Å². The van der Waals surface area contributed by atoms with E-state index in [1.807, 2.05) is 0 Å². The molecule has 1 heterocycles. The highest BCUT2D eigenvalue weighted by Crippen LogP contribution is 2.14. The molecule has 0 bridgehead atoms. The van der Waals surface area contributed by atoms with Crippen LogP contribution in [0.1, 0.15) is 17.3 Å². The van der Waals surface area contributed by atoms with E-state index < -0.39 is 40.2 Å². The first-order valence-electron chi connectivity index (χ1n) is 5.33. The molecule has 0 saturated heterocycles. The lowest BCUT2D eigenvalue weighted by molar-refractivity contribution is 0.101. The van der Waals surface area contributed by atoms with Crippen LogP contribution in [0.5, 0.6) is 0 Å². The van der Waals surface area contributed by atoms with E-state index in [-0.39, 0.29) is 5.56 Å². The second kappa shape index (κ2) is 4.80. The normalized spacial score (nSPS) is 10.6. The smallest absolute Gasteiger partial charge is 0.313 e. The van der Waals surface area contributed by atoms with Crippen LogP contribution in [-0.2, 0) is 0 Å². The van der Waals surface area contributed by atoms with Gasteiger partial charge in [-0.3, -0.25) is 9.59 Å². The number of carbonyl (C=O) groups excluding carboxylic acids is 1. The minimum Gasteiger partial charge on any atom is -0.313 e. The first-order valence-corrected chi connectivity index (χ1v) is 5.33. The highest BCUT2D eigenvalue weighted by Gasteiger charge is 2.16. The molecular weight excluding hydrogens is 277 g/mol. The van der Waals surface area contributed by atoms with E-state index in [2.05, 4.69) is 4.98 Å². The summed E-state index contributed by atoms with van der Waals surface area (Å²) in [5, 5.41) is 0. The molecule has 104 valence electrons. The Morgan fingerprint density at radius 1 is 1.15 bits per heavy atom. The Morgan fingerprint density at radius 2 is 1.70 bits per heavy atom. The largest absolute Gasteiger partial charge is 0.333 e. The number of aromatic amines is 1. The number of nitrogens with one attached hydrogen (secondary N) is 1. The molecule has 2 rings (SSSR count). The van der Waals surface area contributed by atoms with Gasteiger partial charge in [-0.25, -0.2) is 22.5 Å². The summed E-state index contributed by atoms with van der Waals surface area (Å²) < 4.78 is 39.5. The summed E-state index contributed by atoms with van der Waals surface area (Å²) in [7, 11) is 0. The van der Waals surface area contributed by atoms with Crippen LogP contribution in [0.3, 0.4) is 0 Å². The van der Waals surface area contributed by atoms with Crippen molar-refractivity contribution in [1.82, 2.24) is 9.55 Å². The number of carbonyl (C=O) groups is 1. The number of rotatable bonds is 2. The van der Waals surface area contributed by atoms with Gasteiger partial charge < -0.3 is 4.98 Å². The van der Waals surface area contributed by atoms with E-state index in [1.165, 1.54) is 0 Å². The lowest BCUT2D eigenvalue weighted by atomic mass is 10.2. The highest BCUT2D eigenvalue weighted by atomic mass is 19.2. The molecule has 1 aromatic carbocycles. The molecule has 0 aliphatic heterocycles. The number of hydrogen-bond donors (Lipinski definition) is 1. The Balaban J connectivity index is 2.83. The summed E-state index contributed by atoms with van der Waals surface area (Å²) in [5.41, 5.74) is -2.94. The quantitative estimate of drug-likeness (QED) is 0.664. The SMILES string of the molecule is CC(=O)c1c[nH]c(=O)n(-c2cc(F)c(F)c(F)c2)c1=O. The van der Waals surface area contributed by atoms with Crippen LogP contribution in [-0.4, -0.2) is 15.3 Å². The van der Waals surface area contributed by atoms with Crippen molar-refractivity contribution in [2.24, 2.45) is 0 Å². The zero-order valence-corrected chi connectivity index (χ0v) is 10.0. The molecule has 20 heavy (non-hydrogen) atoms. The molecule has 0 fully saturated rings. The first-order chi connectivity index (χ1) is 9.32. The third-order valence-corrected chi connectivity index (χ3v) is 2.58. The van der Waals surface area contributed by atoms with Crippen molar-refractivity contribution in [2.45, 2.75) is 6.92 Å². The van der Waals surface area contributed by atoms with Gasteiger partial charge >= 0.3 is 5.69 Å². The van der Waals surface area contributed by atoms with Gasteiger partial charge in [0, 0.05) is 18.3 Å². The number of ketones is 1. The number of Topliss-reactive ketones (excluding diaryl/α,β-unsaturated/α-hetero) is 1. The molecule has 0 amide bonds. The zero-order valence-electron chi connectivity index (χ0n) is 10.0. The van der Waals surface area contributed by atoms with Gasteiger partial charge in [0.1, 0.15) is 0 Å². The lowest BCUT2D eigenvalue weighted by Crippen LogP contribution is -2.36. The molecule has 2 aromatic rings. The van der Waals surface area contributed by atoms with Gasteiger partial charge in [-0.05, 0) is 6.92 Å². The summed E-state index contributed by atoms with van der Waals surface area (Å²) in [5.74, 6) is -5.47. The summed E-state index contributed by atoms with van der Waals surface area (Å²) in [6.07, 6.45) is 0.903. The zero-order chi connectivity index (χ0) is 15.0. The van der Waals surface area contributed by atoms with Crippen molar-refractivity contribution >= 4 is 5.78 Å². The van der Waals surface area contributed by atoms with Crippen molar-refractivity contribution in [3.05, 3.63) is 62.2 Å². The molecule has 8 heteroatoms. The maximum Gasteiger partial charge on any atom is 0.333 e. The van der Waals surface area contributed by atoms with Crippen molar-refractivity contribution in [3.8, 4) is 5.69 Å². The first kappa shape index (κ1) is 13.8. The Labute approximate surface area is 109 Å². The molecule has 0 unspecified atom stereocenters. The Hall–Kier alpha value is -2.64. The molecular formula is C12H7F3N2O3. The molecule has 0 spiro atoms. The molecule has 1 N–H and O–H groups in total. The van der Waals surface area contributed by atoms with Gasteiger partial charge in [-0.1, -0.05) is 0 Å². The van der Waals surface area contributed by atoms with Crippen LogP contribution < -0.4 is 11.2 Å². The van der Waals surface area contributed by atoms with E-state index in [4.69, 9.17) is 0 Å². The van der Waals surface area contributed by atoms with Crippen LogP contribution in [0.4, 0.5) is 13.2 Å². The third-order valence-electron chi connectivity index (χ3n) is 2.58. The maximum atomic E-state index is 13.1. The summed E-state index contributed by atoms with van der Waals surface area (Å²) in [4.78, 5) is 36.8. The van der Waals surface area contributed by atoms with E-state index in [9.17, 15) is 27.6 Å². The van der Waals surface area contributed by atoms with Crippen LogP contribution in [0.15, 0.2) is 27.9 Å². The van der Waals surface area contributed by atoms with Gasteiger partial charge in [-0.15, -0.1) is 0 Å². The average molecular weight is 284 g/mol. The maximum absolute atomic E-state index is 13.1. The lowest BCUT2D eigenvalue weighted by Gasteiger charge is -2.06.